The predicted octanol–water partition coefficient (Wildman–Crippen LogP) is 6.62. The van der Waals surface area contributed by atoms with Crippen molar-refractivity contribution in [3.05, 3.63) is 83.9 Å². The summed E-state index contributed by atoms with van der Waals surface area (Å²) in [4.78, 5) is 0. The van der Waals surface area contributed by atoms with Crippen molar-refractivity contribution in [2.24, 2.45) is 0 Å². The minimum Gasteiger partial charge on any atom is -0.192 e. The normalized spacial score (nSPS) is 10.4. The monoisotopic (exact) mass is 325 g/mol. The molecule has 0 spiro atoms. The summed E-state index contributed by atoms with van der Waals surface area (Å²) in [6, 6.07) is 27.3. The Labute approximate surface area is 150 Å². The second-order valence-electron chi connectivity index (χ2n) is 6.36. The highest BCUT2D eigenvalue weighted by Crippen LogP contribution is 2.35. The van der Waals surface area contributed by atoms with Gasteiger partial charge >= 0.3 is 0 Å². The van der Waals surface area contributed by atoms with Crippen molar-refractivity contribution >= 4 is 0 Å². The zero-order valence-electron chi connectivity index (χ0n) is 14.7. The van der Waals surface area contributed by atoms with Crippen molar-refractivity contribution in [3.63, 3.8) is 0 Å². The van der Waals surface area contributed by atoms with Crippen molar-refractivity contribution in [1.82, 2.24) is 0 Å². The van der Waals surface area contributed by atoms with Gasteiger partial charge in [0.15, 0.2) is 0 Å². The number of hydrogen-bond donors (Lipinski definition) is 0. The molecule has 0 heterocycles. The molecule has 0 aliphatic rings. The van der Waals surface area contributed by atoms with Crippen molar-refractivity contribution in [3.8, 4) is 28.3 Å². The summed E-state index contributed by atoms with van der Waals surface area (Å²) in [5, 5.41) is 9.49. The van der Waals surface area contributed by atoms with E-state index in [4.69, 9.17) is 0 Å². The fraction of sp³-hybridized carbons (Fsp3) is 0.208. The van der Waals surface area contributed by atoms with Gasteiger partial charge in [-0.05, 0) is 41.2 Å². The molecule has 25 heavy (non-hydrogen) atoms. The molecule has 1 nitrogen and oxygen atoms in total. The van der Waals surface area contributed by atoms with Crippen LogP contribution in [0.5, 0.6) is 0 Å². The minimum atomic E-state index is 0.721. The van der Waals surface area contributed by atoms with Crippen LogP contribution in [0.2, 0.25) is 0 Å². The van der Waals surface area contributed by atoms with Crippen molar-refractivity contribution < 1.29 is 0 Å². The molecule has 3 aromatic carbocycles. The van der Waals surface area contributed by atoms with Crippen LogP contribution in [0.25, 0.3) is 22.3 Å². The van der Waals surface area contributed by atoms with Gasteiger partial charge in [-0.15, -0.1) is 0 Å². The number of benzene rings is 3. The second-order valence-corrected chi connectivity index (χ2v) is 6.36. The van der Waals surface area contributed by atoms with E-state index in [9.17, 15) is 5.26 Å². The van der Waals surface area contributed by atoms with E-state index in [0.29, 0.717) is 0 Å². The third-order valence-corrected chi connectivity index (χ3v) is 4.58. The standard InChI is InChI=1S/C24H23N/c1-2-3-5-10-19-15-16-23(22-14-9-8-13-21(22)18-25)24(17-19)20-11-6-4-7-12-20/h4,6-9,11-17H,2-3,5,10H2,1H3. The Morgan fingerprint density at radius 3 is 2.28 bits per heavy atom. The molecular formula is C24H23N. The molecule has 0 saturated carbocycles. The molecule has 0 atom stereocenters. The molecule has 0 aliphatic carbocycles. The Morgan fingerprint density at radius 1 is 0.760 bits per heavy atom. The Bertz CT molecular complexity index is 872. The fourth-order valence-electron chi connectivity index (χ4n) is 3.23. The van der Waals surface area contributed by atoms with E-state index in [1.54, 1.807) is 0 Å². The van der Waals surface area contributed by atoms with Gasteiger partial charge in [0, 0.05) is 5.56 Å². The highest BCUT2D eigenvalue weighted by Gasteiger charge is 2.11. The largest absolute Gasteiger partial charge is 0.192 e. The maximum Gasteiger partial charge on any atom is 0.0998 e. The van der Waals surface area contributed by atoms with Gasteiger partial charge in [0.25, 0.3) is 0 Å². The number of nitrogens with zero attached hydrogens (tertiary/aromatic N) is 1. The summed E-state index contributed by atoms with van der Waals surface area (Å²) in [5.74, 6) is 0. The number of aryl methyl sites for hydroxylation is 1. The maximum atomic E-state index is 9.49. The molecule has 0 amide bonds. The zero-order valence-corrected chi connectivity index (χ0v) is 14.7. The molecular weight excluding hydrogens is 302 g/mol. The number of hydrogen-bond acceptors (Lipinski definition) is 1. The molecule has 0 aromatic heterocycles. The molecule has 0 fully saturated rings. The van der Waals surface area contributed by atoms with Crippen LogP contribution in [0.4, 0.5) is 0 Å². The fourth-order valence-corrected chi connectivity index (χ4v) is 3.23. The Morgan fingerprint density at radius 2 is 1.52 bits per heavy atom. The first-order valence-corrected chi connectivity index (χ1v) is 9.01. The predicted molar refractivity (Wildman–Crippen MR) is 105 cm³/mol. The number of rotatable bonds is 6. The Kier molecular flexibility index (Phi) is 5.65. The minimum absolute atomic E-state index is 0.721. The number of nitriles is 1. The van der Waals surface area contributed by atoms with Crippen LogP contribution in [0.15, 0.2) is 72.8 Å². The molecule has 0 N–H and O–H groups in total. The lowest BCUT2D eigenvalue weighted by Gasteiger charge is -2.14. The van der Waals surface area contributed by atoms with Gasteiger partial charge in [-0.1, -0.05) is 86.5 Å². The zero-order chi connectivity index (χ0) is 17.5. The smallest absolute Gasteiger partial charge is 0.0998 e. The summed E-state index contributed by atoms with van der Waals surface area (Å²) in [6.45, 7) is 2.23. The quantitative estimate of drug-likeness (QED) is 0.467. The maximum absolute atomic E-state index is 9.49. The van der Waals surface area contributed by atoms with Gasteiger partial charge in [-0.3, -0.25) is 0 Å². The third kappa shape index (κ3) is 3.98. The van der Waals surface area contributed by atoms with Crippen molar-refractivity contribution in [1.29, 1.82) is 5.26 Å². The summed E-state index contributed by atoms with van der Waals surface area (Å²) in [7, 11) is 0. The van der Waals surface area contributed by atoms with Crippen LogP contribution in [-0.4, -0.2) is 0 Å². The van der Waals surface area contributed by atoms with Crippen molar-refractivity contribution in [2.75, 3.05) is 0 Å². The summed E-state index contributed by atoms with van der Waals surface area (Å²) in [6.07, 6.45) is 4.82. The van der Waals surface area contributed by atoms with Crippen LogP contribution in [0, 0.1) is 11.3 Å². The van der Waals surface area contributed by atoms with Crippen LogP contribution >= 0.6 is 0 Å². The van der Waals surface area contributed by atoms with Crippen LogP contribution < -0.4 is 0 Å². The average Bonchev–Trinajstić information content (AvgIpc) is 2.69. The first-order chi connectivity index (χ1) is 12.3. The third-order valence-electron chi connectivity index (χ3n) is 4.58. The number of unbranched alkanes of at least 4 members (excludes halogenated alkanes) is 2. The summed E-state index contributed by atoms with van der Waals surface area (Å²) in [5.41, 5.74) is 6.62. The highest BCUT2D eigenvalue weighted by molar-refractivity contribution is 5.86. The SMILES string of the molecule is CCCCCc1ccc(-c2ccccc2C#N)c(-c2ccccc2)c1. The molecule has 0 saturated heterocycles. The second kappa shape index (κ2) is 8.31. The summed E-state index contributed by atoms with van der Waals surface area (Å²) >= 11 is 0. The van der Waals surface area contributed by atoms with Crippen molar-refractivity contribution in [2.45, 2.75) is 32.6 Å². The van der Waals surface area contributed by atoms with Crippen LogP contribution in [-0.2, 0) is 6.42 Å². The van der Waals surface area contributed by atoms with E-state index < -0.39 is 0 Å². The van der Waals surface area contributed by atoms with Gasteiger partial charge in [-0.2, -0.15) is 5.26 Å². The Hall–Kier alpha value is -2.85. The molecule has 0 aliphatic heterocycles. The highest BCUT2D eigenvalue weighted by atomic mass is 14.2. The van der Waals surface area contributed by atoms with Crippen LogP contribution in [0.3, 0.4) is 0 Å². The Balaban J connectivity index is 2.10. The van der Waals surface area contributed by atoms with E-state index in [1.165, 1.54) is 36.0 Å². The lowest BCUT2D eigenvalue weighted by Crippen LogP contribution is -1.92. The lowest BCUT2D eigenvalue weighted by atomic mass is 9.90. The molecule has 1 heteroatoms. The van der Waals surface area contributed by atoms with Crippen LogP contribution in [0.1, 0.15) is 37.3 Å². The van der Waals surface area contributed by atoms with E-state index in [-0.39, 0.29) is 0 Å². The van der Waals surface area contributed by atoms with Gasteiger partial charge in [0.05, 0.1) is 11.6 Å². The molecule has 3 aromatic rings. The van der Waals surface area contributed by atoms with E-state index in [2.05, 4.69) is 55.5 Å². The molecule has 0 radical (unpaired) electrons. The first-order valence-electron chi connectivity index (χ1n) is 9.01. The summed E-state index contributed by atoms with van der Waals surface area (Å²) < 4.78 is 0. The van der Waals surface area contributed by atoms with E-state index in [1.807, 2.05) is 30.3 Å². The van der Waals surface area contributed by atoms with Gasteiger partial charge in [0.1, 0.15) is 0 Å². The molecule has 3 rings (SSSR count). The molecule has 124 valence electrons. The average molecular weight is 325 g/mol. The molecule has 0 bridgehead atoms. The van der Waals surface area contributed by atoms with E-state index >= 15 is 0 Å². The van der Waals surface area contributed by atoms with Gasteiger partial charge in [0.2, 0.25) is 0 Å². The lowest BCUT2D eigenvalue weighted by molar-refractivity contribution is 0.717. The topological polar surface area (TPSA) is 23.8 Å². The molecule has 0 unspecified atom stereocenters. The van der Waals surface area contributed by atoms with E-state index in [0.717, 1.165) is 23.1 Å². The first kappa shape index (κ1) is 17.0. The van der Waals surface area contributed by atoms with Gasteiger partial charge in [-0.25, -0.2) is 0 Å². The van der Waals surface area contributed by atoms with Gasteiger partial charge < -0.3 is 0 Å².